The van der Waals surface area contributed by atoms with Crippen LogP contribution >= 0.6 is 0 Å². The standard InChI is InChI=1S/C14H18N2O4/c1-9-4-5-11(16(18)19)6-13(9)15-7-10(2)12(8-15)14(17)20-3/h4-6,10,12H,7-8H2,1-3H3. The van der Waals surface area contributed by atoms with E-state index < -0.39 is 4.92 Å². The molecule has 2 unspecified atom stereocenters. The molecule has 0 amide bonds. The Morgan fingerprint density at radius 3 is 2.75 bits per heavy atom. The molecule has 0 radical (unpaired) electrons. The van der Waals surface area contributed by atoms with Crippen molar-refractivity contribution < 1.29 is 14.5 Å². The molecule has 0 spiro atoms. The van der Waals surface area contributed by atoms with E-state index in [9.17, 15) is 14.9 Å². The van der Waals surface area contributed by atoms with Gasteiger partial charge in [0.2, 0.25) is 0 Å². The summed E-state index contributed by atoms with van der Waals surface area (Å²) >= 11 is 0. The monoisotopic (exact) mass is 278 g/mol. The zero-order valence-corrected chi connectivity index (χ0v) is 11.8. The van der Waals surface area contributed by atoms with Crippen molar-refractivity contribution in [2.45, 2.75) is 13.8 Å². The second-order valence-corrected chi connectivity index (χ2v) is 5.24. The molecule has 108 valence electrons. The van der Waals surface area contributed by atoms with Crippen LogP contribution < -0.4 is 4.90 Å². The predicted molar refractivity (Wildman–Crippen MR) is 74.7 cm³/mol. The minimum Gasteiger partial charge on any atom is -0.469 e. The molecule has 2 rings (SSSR count). The average Bonchev–Trinajstić information content (AvgIpc) is 2.80. The zero-order valence-electron chi connectivity index (χ0n) is 11.8. The van der Waals surface area contributed by atoms with Crippen molar-refractivity contribution in [2.24, 2.45) is 11.8 Å². The number of methoxy groups -OCH3 is 1. The van der Waals surface area contributed by atoms with E-state index in [1.54, 1.807) is 12.1 Å². The first-order valence-electron chi connectivity index (χ1n) is 6.52. The molecule has 0 saturated carbocycles. The molecular formula is C14H18N2O4. The number of esters is 1. The molecule has 2 atom stereocenters. The van der Waals surface area contributed by atoms with E-state index in [0.717, 1.165) is 11.3 Å². The molecule has 0 aromatic heterocycles. The fourth-order valence-corrected chi connectivity index (χ4v) is 2.67. The normalized spacial score (nSPS) is 21.9. The molecule has 1 aliphatic rings. The summed E-state index contributed by atoms with van der Waals surface area (Å²) in [4.78, 5) is 24.2. The van der Waals surface area contributed by atoms with Crippen LogP contribution in [0.25, 0.3) is 0 Å². The first-order chi connectivity index (χ1) is 9.43. The number of nitrogens with zero attached hydrogens (tertiary/aromatic N) is 2. The van der Waals surface area contributed by atoms with E-state index in [1.807, 2.05) is 18.7 Å². The second-order valence-electron chi connectivity index (χ2n) is 5.24. The third-order valence-corrected chi connectivity index (χ3v) is 3.86. The number of hydrogen-bond acceptors (Lipinski definition) is 5. The number of carbonyl (C=O) groups excluding carboxylic acids is 1. The third kappa shape index (κ3) is 2.59. The molecule has 1 heterocycles. The van der Waals surface area contributed by atoms with Gasteiger partial charge in [-0.1, -0.05) is 13.0 Å². The molecule has 1 saturated heterocycles. The summed E-state index contributed by atoms with van der Waals surface area (Å²) in [5.74, 6) is -0.233. The number of benzene rings is 1. The molecule has 1 aromatic carbocycles. The molecule has 6 nitrogen and oxygen atoms in total. The van der Waals surface area contributed by atoms with Crippen LogP contribution in [0.15, 0.2) is 18.2 Å². The van der Waals surface area contributed by atoms with Crippen LogP contribution in [-0.2, 0) is 9.53 Å². The van der Waals surface area contributed by atoms with Crippen LogP contribution in [0.1, 0.15) is 12.5 Å². The first kappa shape index (κ1) is 14.3. The van der Waals surface area contributed by atoms with E-state index in [4.69, 9.17) is 4.74 Å². The van der Waals surface area contributed by atoms with Gasteiger partial charge in [-0.15, -0.1) is 0 Å². The van der Waals surface area contributed by atoms with Gasteiger partial charge in [-0.25, -0.2) is 0 Å². The Morgan fingerprint density at radius 2 is 2.15 bits per heavy atom. The van der Waals surface area contributed by atoms with E-state index >= 15 is 0 Å². The van der Waals surface area contributed by atoms with Gasteiger partial charge in [-0.2, -0.15) is 0 Å². The highest BCUT2D eigenvalue weighted by Crippen LogP contribution is 2.33. The van der Waals surface area contributed by atoms with Crippen molar-refractivity contribution >= 4 is 17.3 Å². The van der Waals surface area contributed by atoms with Crippen molar-refractivity contribution in [3.8, 4) is 0 Å². The topological polar surface area (TPSA) is 72.7 Å². The maximum atomic E-state index is 11.7. The van der Waals surface area contributed by atoms with Gasteiger partial charge in [0.15, 0.2) is 0 Å². The van der Waals surface area contributed by atoms with Gasteiger partial charge in [0.05, 0.1) is 18.0 Å². The van der Waals surface area contributed by atoms with Crippen LogP contribution in [0.2, 0.25) is 0 Å². The average molecular weight is 278 g/mol. The summed E-state index contributed by atoms with van der Waals surface area (Å²) in [5.41, 5.74) is 1.85. The maximum absolute atomic E-state index is 11.7. The van der Waals surface area contributed by atoms with E-state index in [-0.39, 0.29) is 23.5 Å². The van der Waals surface area contributed by atoms with Gasteiger partial charge in [-0.3, -0.25) is 14.9 Å². The number of non-ortho nitro benzene ring substituents is 1. The van der Waals surface area contributed by atoms with Gasteiger partial charge in [0.1, 0.15) is 0 Å². The van der Waals surface area contributed by atoms with Crippen molar-refractivity contribution in [3.05, 3.63) is 33.9 Å². The highest BCUT2D eigenvalue weighted by Gasteiger charge is 2.36. The lowest BCUT2D eigenvalue weighted by molar-refractivity contribution is -0.384. The van der Waals surface area contributed by atoms with Crippen LogP contribution in [0.4, 0.5) is 11.4 Å². The molecule has 0 aliphatic carbocycles. The number of hydrogen-bond donors (Lipinski definition) is 0. The third-order valence-electron chi connectivity index (χ3n) is 3.86. The molecule has 20 heavy (non-hydrogen) atoms. The highest BCUT2D eigenvalue weighted by atomic mass is 16.6. The number of carbonyl (C=O) groups is 1. The fraction of sp³-hybridized carbons (Fsp3) is 0.500. The molecule has 0 N–H and O–H groups in total. The number of rotatable bonds is 3. The van der Waals surface area contributed by atoms with Crippen LogP contribution in [-0.4, -0.2) is 31.1 Å². The molecule has 1 aromatic rings. The van der Waals surface area contributed by atoms with Gasteiger partial charge >= 0.3 is 5.97 Å². The highest BCUT2D eigenvalue weighted by molar-refractivity contribution is 5.75. The van der Waals surface area contributed by atoms with E-state index in [1.165, 1.54) is 13.2 Å². The lowest BCUT2D eigenvalue weighted by atomic mass is 9.99. The lowest BCUT2D eigenvalue weighted by Gasteiger charge is -2.20. The van der Waals surface area contributed by atoms with Gasteiger partial charge in [-0.05, 0) is 18.4 Å². The van der Waals surface area contributed by atoms with Crippen molar-refractivity contribution in [2.75, 3.05) is 25.1 Å². The lowest BCUT2D eigenvalue weighted by Crippen LogP contribution is -2.24. The number of nitro groups is 1. The molecule has 0 bridgehead atoms. The Hall–Kier alpha value is -2.11. The molecular weight excluding hydrogens is 260 g/mol. The van der Waals surface area contributed by atoms with Crippen LogP contribution in [0.3, 0.4) is 0 Å². The van der Waals surface area contributed by atoms with Crippen molar-refractivity contribution in [3.63, 3.8) is 0 Å². The number of anilines is 1. The molecule has 1 aliphatic heterocycles. The Balaban J connectivity index is 2.27. The minimum absolute atomic E-state index is 0.0692. The van der Waals surface area contributed by atoms with Crippen molar-refractivity contribution in [1.82, 2.24) is 0 Å². The smallest absolute Gasteiger partial charge is 0.310 e. The van der Waals surface area contributed by atoms with E-state index in [0.29, 0.717) is 13.1 Å². The van der Waals surface area contributed by atoms with Gasteiger partial charge < -0.3 is 9.64 Å². The second kappa shape index (κ2) is 5.48. The molecule has 6 heteroatoms. The number of aryl methyl sites for hydroxylation is 1. The van der Waals surface area contributed by atoms with Crippen LogP contribution in [0.5, 0.6) is 0 Å². The number of ether oxygens (including phenoxy) is 1. The summed E-state index contributed by atoms with van der Waals surface area (Å²) < 4.78 is 4.81. The Labute approximate surface area is 117 Å². The Morgan fingerprint density at radius 1 is 1.45 bits per heavy atom. The van der Waals surface area contributed by atoms with Gasteiger partial charge in [0.25, 0.3) is 5.69 Å². The Bertz CT molecular complexity index is 544. The Kier molecular flexibility index (Phi) is 3.92. The molecule has 1 fully saturated rings. The minimum atomic E-state index is -0.403. The summed E-state index contributed by atoms with van der Waals surface area (Å²) in [6.45, 7) is 5.14. The van der Waals surface area contributed by atoms with Gasteiger partial charge in [0, 0.05) is 30.9 Å². The maximum Gasteiger partial charge on any atom is 0.310 e. The largest absolute Gasteiger partial charge is 0.469 e. The summed E-state index contributed by atoms with van der Waals surface area (Å²) in [7, 11) is 1.39. The summed E-state index contributed by atoms with van der Waals surface area (Å²) in [6, 6.07) is 4.81. The first-order valence-corrected chi connectivity index (χ1v) is 6.52. The predicted octanol–water partition coefficient (Wildman–Crippen LogP) is 2.15. The fourth-order valence-electron chi connectivity index (χ4n) is 2.67. The summed E-state index contributed by atoms with van der Waals surface area (Å²) in [6.07, 6.45) is 0. The zero-order chi connectivity index (χ0) is 14.9. The van der Waals surface area contributed by atoms with Crippen molar-refractivity contribution in [1.29, 1.82) is 0 Å². The quantitative estimate of drug-likeness (QED) is 0.481. The summed E-state index contributed by atoms with van der Waals surface area (Å²) in [5, 5.41) is 10.9. The van der Waals surface area contributed by atoms with E-state index in [2.05, 4.69) is 0 Å². The SMILES string of the molecule is COC(=O)C1CN(c2cc([N+](=O)[O-])ccc2C)CC1C. The van der Waals surface area contributed by atoms with Crippen LogP contribution in [0, 0.1) is 28.9 Å². The number of nitro benzene ring substituents is 1.